The lowest BCUT2D eigenvalue weighted by molar-refractivity contribution is -0.870. The first kappa shape index (κ1) is 80.7. The molecule has 3 unspecified atom stereocenters. The van der Waals surface area contributed by atoms with Gasteiger partial charge in [-0.25, -0.2) is 0 Å². The van der Waals surface area contributed by atoms with E-state index >= 15 is 0 Å². The highest BCUT2D eigenvalue weighted by Crippen LogP contribution is 2.38. The highest BCUT2D eigenvalue weighted by molar-refractivity contribution is 7.45. The van der Waals surface area contributed by atoms with Gasteiger partial charge in [0.25, 0.3) is 7.82 Å². The minimum Gasteiger partial charge on any atom is -0.756 e. The summed E-state index contributed by atoms with van der Waals surface area (Å²) in [5, 5.41) is 13.9. The lowest BCUT2D eigenvalue weighted by Gasteiger charge is -2.29. The van der Waals surface area contributed by atoms with Gasteiger partial charge in [0.2, 0.25) is 5.91 Å². The maximum Gasteiger partial charge on any atom is 0.268 e. The van der Waals surface area contributed by atoms with Crippen LogP contribution in [0.5, 0.6) is 0 Å². The summed E-state index contributed by atoms with van der Waals surface area (Å²) in [6, 6.07) is -0.903. The van der Waals surface area contributed by atoms with E-state index in [9.17, 15) is 19.4 Å². The molecule has 0 heterocycles. The van der Waals surface area contributed by atoms with Crippen molar-refractivity contribution in [3.63, 3.8) is 0 Å². The summed E-state index contributed by atoms with van der Waals surface area (Å²) in [5.74, 6) is -0.200. The van der Waals surface area contributed by atoms with Crippen LogP contribution in [0.2, 0.25) is 0 Å². The quantitative estimate of drug-likeness (QED) is 0.0272. The second kappa shape index (κ2) is 64.2. The summed E-state index contributed by atoms with van der Waals surface area (Å²) in [6.07, 6.45) is 85.8. The van der Waals surface area contributed by atoms with E-state index in [-0.39, 0.29) is 19.1 Å². The van der Waals surface area contributed by atoms with E-state index in [1.54, 1.807) is 6.08 Å². The molecule has 8 nitrogen and oxygen atoms in total. The van der Waals surface area contributed by atoms with Crippen molar-refractivity contribution in [3.05, 3.63) is 36.5 Å². The molecule has 82 heavy (non-hydrogen) atoms. The minimum absolute atomic E-state index is 0.00470. The number of phosphoric acid groups is 1. The molecule has 486 valence electrons. The molecule has 0 spiro atoms. The SMILES string of the molecule is CCCCCCCCCCCCCCCCC/C=C/CC/C=C/C(O)C(COP(=O)([O-])OCC[N+](C)(C)C)NC(=O)CCCCCCCCCCCCCCCCCCC/C=C\CCCCCCCCCCCCCCCCCCCC. The largest absolute Gasteiger partial charge is 0.756 e. The van der Waals surface area contributed by atoms with E-state index in [2.05, 4.69) is 43.5 Å². The monoisotopic (exact) mass is 1180 g/mol. The maximum atomic E-state index is 13.0. The standard InChI is InChI=1S/C73H143N2O6P/c1-6-8-10-12-14-16-18-20-22-24-26-28-29-30-31-32-33-34-35-36-37-38-39-40-41-42-43-44-45-47-49-51-53-55-57-59-61-63-65-67-73(77)74-71(70-81-82(78,79)80-69-68-75(3,4)5)72(76)66-64-62-60-58-56-54-52-50-48-46-27-25-23-21-19-17-15-13-11-9-7-2/h36-37,56,58,64,66,71-72,76H,6-35,38-55,57,59-63,65,67-70H2,1-5H3,(H-,74,77,78,79)/b37-36-,58-56+,66-64+. The lowest BCUT2D eigenvalue weighted by atomic mass is 10.0. The fraction of sp³-hybridized carbons (Fsp3) is 0.904. The number of likely N-dealkylation sites (N-methyl/N-ethyl adjacent to an activating group) is 1. The highest BCUT2D eigenvalue weighted by atomic mass is 31.2. The molecule has 0 aliphatic carbocycles. The number of carbonyl (C=O) groups is 1. The minimum atomic E-state index is -4.61. The van der Waals surface area contributed by atoms with Crippen molar-refractivity contribution in [2.24, 2.45) is 0 Å². The van der Waals surface area contributed by atoms with Crippen molar-refractivity contribution in [3.8, 4) is 0 Å². The van der Waals surface area contributed by atoms with Gasteiger partial charge >= 0.3 is 0 Å². The Kier molecular flexibility index (Phi) is 63.2. The maximum absolute atomic E-state index is 13.0. The second-order valence-electron chi connectivity index (χ2n) is 26.3. The number of unbranched alkanes of at least 4 members (excludes halogenated alkanes) is 51. The summed E-state index contributed by atoms with van der Waals surface area (Å²) in [5.41, 5.74) is 0. The Balaban J connectivity index is 3.96. The summed E-state index contributed by atoms with van der Waals surface area (Å²) < 4.78 is 23.4. The number of aliphatic hydroxyl groups is 1. The number of rotatable bonds is 68. The summed E-state index contributed by atoms with van der Waals surface area (Å²) in [4.78, 5) is 25.6. The van der Waals surface area contributed by atoms with Crippen LogP contribution in [0, 0.1) is 0 Å². The van der Waals surface area contributed by atoms with Crippen LogP contribution in [0.4, 0.5) is 0 Å². The molecular weight excluding hydrogens is 1030 g/mol. The van der Waals surface area contributed by atoms with Crippen LogP contribution in [0.25, 0.3) is 0 Å². The Morgan fingerprint density at radius 2 is 0.683 bits per heavy atom. The molecule has 3 atom stereocenters. The molecule has 0 rings (SSSR count). The Morgan fingerprint density at radius 3 is 0.988 bits per heavy atom. The third-order valence-electron chi connectivity index (χ3n) is 16.8. The number of nitrogens with zero attached hydrogens (tertiary/aromatic N) is 1. The first-order chi connectivity index (χ1) is 40.0. The molecule has 0 saturated carbocycles. The van der Waals surface area contributed by atoms with Crippen molar-refractivity contribution < 1.29 is 32.9 Å². The molecule has 0 bridgehead atoms. The van der Waals surface area contributed by atoms with Crippen LogP contribution in [-0.2, 0) is 18.4 Å². The van der Waals surface area contributed by atoms with Crippen LogP contribution >= 0.6 is 7.82 Å². The van der Waals surface area contributed by atoms with Gasteiger partial charge in [-0.1, -0.05) is 346 Å². The van der Waals surface area contributed by atoms with E-state index in [0.717, 1.165) is 38.5 Å². The van der Waals surface area contributed by atoms with Gasteiger partial charge in [0.15, 0.2) is 0 Å². The Morgan fingerprint density at radius 1 is 0.415 bits per heavy atom. The fourth-order valence-corrected chi connectivity index (χ4v) is 11.9. The number of quaternary nitrogens is 1. The van der Waals surface area contributed by atoms with Crippen LogP contribution in [0.15, 0.2) is 36.5 Å². The zero-order chi connectivity index (χ0) is 59.8. The first-order valence-electron chi connectivity index (χ1n) is 36.4. The van der Waals surface area contributed by atoms with E-state index in [1.165, 1.54) is 315 Å². The fourth-order valence-electron chi connectivity index (χ4n) is 11.2. The average Bonchev–Trinajstić information content (AvgIpc) is 3.47. The van der Waals surface area contributed by atoms with Gasteiger partial charge in [0.05, 0.1) is 39.9 Å². The zero-order valence-corrected chi connectivity index (χ0v) is 56.6. The number of phosphoric ester groups is 1. The average molecular weight is 1180 g/mol. The molecule has 0 aromatic rings. The molecule has 0 aliphatic rings. The number of aliphatic hydroxyl groups excluding tert-OH is 1. The van der Waals surface area contributed by atoms with E-state index in [1.807, 2.05) is 27.2 Å². The third-order valence-corrected chi connectivity index (χ3v) is 17.8. The van der Waals surface area contributed by atoms with Gasteiger partial charge in [-0.15, -0.1) is 0 Å². The van der Waals surface area contributed by atoms with E-state index in [0.29, 0.717) is 17.4 Å². The zero-order valence-electron chi connectivity index (χ0n) is 55.7. The van der Waals surface area contributed by atoms with Crippen molar-refractivity contribution in [2.45, 2.75) is 386 Å². The van der Waals surface area contributed by atoms with Gasteiger partial charge in [-0.2, -0.15) is 0 Å². The molecule has 0 aliphatic heterocycles. The molecule has 1 amide bonds. The molecule has 9 heteroatoms. The van der Waals surface area contributed by atoms with Gasteiger partial charge in [0, 0.05) is 6.42 Å². The van der Waals surface area contributed by atoms with Crippen molar-refractivity contribution in [1.29, 1.82) is 0 Å². The highest BCUT2D eigenvalue weighted by Gasteiger charge is 2.23. The van der Waals surface area contributed by atoms with Gasteiger partial charge in [0.1, 0.15) is 13.2 Å². The van der Waals surface area contributed by atoms with Gasteiger partial charge < -0.3 is 28.8 Å². The van der Waals surface area contributed by atoms with Gasteiger partial charge in [-0.05, 0) is 57.8 Å². The van der Waals surface area contributed by atoms with Crippen molar-refractivity contribution in [2.75, 3.05) is 40.9 Å². The normalized spacial score (nSPS) is 13.8. The van der Waals surface area contributed by atoms with E-state index in [4.69, 9.17) is 9.05 Å². The lowest BCUT2D eigenvalue weighted by Crippen LogP contribution is -2.45. The molecule has 0 fully saturated rings. The van der Waals surface area contributed by atoms with Crippen LogP contribution < -0.4 is 10.2 Å². The first-order valence-corrected chi connectivity index (χ1v) is 37.8. The van der Waals surface area contributed by atoms with Crippen LogP contribution in [0.3, 0.4) is 0 Å². The number of carbonyl (C=O) groups excluding carboxylic acids is 1. The van der Waals surface area contributed by atoms with Crippen LogP contribution in [-0.4, -0.2) is 68.5 Å². The van der Waals surface area contributed by atoms with Gasteiger partial charge in [-0.3, -0.25) is 9.36 Å². The Bertz CT molecular complexity index is 1430. The Labute approximate surface area is 512 Å². The van der Waals surface area contributed by atoms with Crippen LogP contribution in [0.1, 0.15) is 373 Å². The summed E-state index contributed by atoms with van der Waals surface area (Å²) in [6.45, 7) is 4.69. The molecule has 0 saturated heterocycles. The predicted molar refractivity (Wildman–Crippen MR) is 358 cm³/mol. The molecule has 0 aromatic heterocycles. The molecule has 0 radical (unpaired) electrons. The molecule has 2 N–H and O–H groups in total. The number of allylic oxidation sites excluding steroid dienone is 5. The number of nitrogens with one attached hydrogen (secondary N) is 1. The number of amides is 1. The Hall–Kier alpha value is -1.28. The van der Waals surface area contributed by atoms with Crippen molar-refractivity contribution in [1.82, 2.24) is 5.32 Å². The second-order valence-corrected chi connectivity index (χ2v) is 27.7. The number of hydrogen-bond donors (Lipinski definition) is 2. The smallest absolute Gasteiger partial charge is 0.268 e. The topological polar surface area (TPSA) is 108 Å². The summed E-state index contributed by atoms with van der Waals surface area (Å²) >= 11 is 0. The van der Waals surface area contributed by atoms with E-state index < -0.39 is 20.0 Å². The number of hydrogen-bond acceptors (Lipinski definition) is 6. The predicted octanol–water partition coefficient (Wildman–Crippen LogP) is 22.6. The van der Waals surface area contributed by atoms with Crippen molar-refractivity contribution >= 4 is 13.7 Å². The molecule has 0 aromatic carbocycles. The molecular formula is C73H143N2O6P. The third kappa shape index (κ3) is 66.2. The summed E-state index contributed by atoms with van der Waals surface area (Å²) in [7, 11) is 1.26.